The summed E-state index contributed by atoms with van der Waals surface area (Å²) in [5.41, 5.74) is 8.98. The maximum atomic E-state index is 5.03. The SMILES string of the molecule is C=C/C(=C\C(=C/C)c1ccc2[nH]nc(-c3nc4c(-c5ccncc5)ccnc4[nH]3)c2n1)CC1CCNCC1. The van der Waals surface area contributed by atoms with Gasteiger partial charge in [-0.25, -0.2) is 15.0 Å². The predicted molar refractivity (Wildman–Crippen MR) is 152 cm³/mol. The molecule has 0 aromatic carbocycles. The van der Waals surface area contributed by atoms with Gasteiger partial charge < -0.3 is 10.3 Å². The fraction of sp³-hybridized carbons (Fsp3) is 0.233. The van der Waals surface area contributed by atoms with E-state index in [4.69, 9.17) is 9.97 Å². The molecule has 6 heterocycles. The normalized spacial score (nSPS) is 15.4. The third kappa shape index (κ3) is 4.66. The fourth-order valence-corrected chi connectivity index (χ4v) is 5.14. The summed E-state index contributed by atoms with van der Waals surface area (Å²) in [6.07, 6.45) is 15.1. The highest BCUT2D eigenvalue weighted by atomic mass is 15.2. The highest BCUT2D eigenvalue weighted by molar-refractivity contribution is 5.94. The first-order valence-electron chi connectivity index (χ1n) is 13.0. The van der Waals surface area contributed by atoms with E-state index in [1.54, 1.807) is 18.6 Å². The van der Waals surface area contributed by atoms with Gasteiger partial charge in [-0.3, -0.25) is 10.1 Å². The van der Waals surface area contributed by atoms with Crippen LogP contribution in [0.5, 0.6) is 0 Å². The van der Waals surface area contributed by atoms with Crippen LogP contribution in [0.3, 0.4) is 0 Å². The molecule has 0 amide bonds. The van der Waals surface area contributed by atoms with Crippen molar-refractivity contribution < 1.29 is 0 Å². The Kier molecular flexibility index (Phi) is 6.62. The molecule has 1 fully saturated rings. The van der Waals surface area contributed by atoms with Gasteiger partial charge in [0.2, 0.25) is 0 Å². The molecule has 1 saturated heterocycles. The molecular formula is C30H30N8. The van der Waals surface area contributed by atoms with Crippen molar-refractivity contribution in [3.8, 4) is 22.6 Å². The average molecular weight is 503 g/mol. The van der Waals surface area contributed by atoms with Crippen LogP contribution >= 0.6 is 0 Å². The summed E-state index contributed by atoms with van der Waals surface area (Å²) in [6, 6.07) is 9.96. The van der Waals surface area contributed by atoms with Gasteiger partial charge in [0.05, 0.1) is 11.2 Å². The summed E-state index contributed by atoms with van der Waals surface area (Å²) in [6.45, 7) is 8.31. The van der Waals surface area contributed by atoms with Gasteiger partial charge in [0.25, 0.3) is 0 Å². The number of pyridine rings is 3. The number of hydrogen-bond donors (Lipinski definition) is 3. The van der Waals surface area contributed by atoms with E-state index in [0.29, 0.717) is 23.1 Å². The molecule has 3 N–H and O–H groups in total. The summed E-state index contributed by atoms with van der Waals surface area (Å²) < 4.78 is 0. The minimum Gasteiger partial charge on any atom is -0.321 e. The number of nitrogens with zero attached hydrogens (tertiary/aromatic N) is 5. The number of fused-ring (bicyclic) bond motifs is 2. The summed E-state index contributed by atoms with van der Waals surface area (Å²) in [7, 11) is 0. The van der Waals surface area contributed by atoms with Crippen LogP contribution in [0.25, 0.3) is 50.4 Å². The van der Waals surface area contributed by atoms with Gasteiger partial charge >= 0.3 is 0 Å². The first-order valence-corrected chi connectivity index (χ1v) is 13.0. The van der Waals surface area contributed by atoms with Crippen LogP contribution in [-0.2, 0) is 0 Å². The molecule has 0 bridgehead atoms. The van der Waals surface area contributed by atoms with Gasteiger partial charge in [0.1, 0.15) is 11.0 Å². The molecule has 5 aromatic heterocycles. The van der Waals surface area contributed by atoms with Crippen LogP contribution in [0.2, 0.25) is 0 Å². The highest BCUT2D eigenvalue weighted by Gasteiger charge is 2.18. The number of aromatic amines is 2. The Morgan fingerprint density at radius 2 is 1.87 bits per heavy atom. The zero-order chi connectivity index (χ0) is 25.9. The number of H-pyrrole nitrogens is 2. The Balaban J connectivity index is 1.36. The lowest BCUT2D eigenvalue weighted by Gasteiger charge is -2.23. The fourth-order valence-electron chi connectivity index (χ4n) is 5.14. The third-order valence-electron chi connectivity index (χ3n) is 7.20. The molecular weight excluding hydrogens is 472 g/mol. The predicted octanol–water partition coefficient (Wildman–Crippen LogP) is 5.86. The lowest BCUT2D eigenvalue weighted by molar-refractivity contribution is 0.374. The lowest BCUT2D eigenvalue weighted by Crippen LogP contribution is -2.27. The summed E-state index contributed by atoms with van der Waals surface area (Å²) in [5, 5.41) is 11.1. The Morgan fingerprint density at radius 3 is 2.66 bits per heavy atom. The number of imidazole rings is 1. The van der Waals surface area contributed by atoms with Crippen molar-refractivity contribution >= 4 is 27.8 Å². The van der Waals surface area contributed by atoms with Crippen LogP contribution < -0.4 is 5.32 Å². The van der Waals surface area contributed by atoms with E-state index in [1.807, 2.05) is 43.3 Å². The molecule has 0 unspecified atom stereocenters. The molecule has 8 heteroatoms. The smallest absolute Gasteiger partial charge is 0.162 e. The number of hydrogen-bond acceptors (Lipinski definition) is 6. The number of piperidine rings is 1. The Labute approximate surface area is 221 Å². The molecule has 0 aliphatic carbocycles. The van der Waals surface area contributed by atoms with Gasteiger partial charge in [-0.2, -0.15) is 5.10 Å². The topological polar surface area (TPSA) is 108 Å². The van der Waals surface area contributed by atoms with Crippen molar-refractivity contribution in [1.29, 1.82) is 0 Å². The molecule has 190 valence electrons. The van der Waals surface area contributed by atoms with Crippen molar-refractivity contribution in [2.45, 2.75) is 26.2 Å². The zero-order valence-corrected chi connectivity index (χ0v) is 21.4. The molecule has 1 aliphatic rings. The van der Waals surface area contributed by atoms with Crippen LogP contribution in [0, 0.1) is 5.92 Å². The third-order valence-corrected chi connectivity index (χ3v) is 7.20. The number of nitrogens with one attached hydrogen (secondary N) is 3. The molecule has 0 radical (unpaired) electrons. The van der Waals surface area contributed by atoms with Crippen LogP contribution in [0.4, 0.5) is 0 Å². The van der Waals surface area contributed by atoms with Crippen molar-refractivity contribution in [1.82, 2.24) is 40.4 Å². The van der Waals surface area contributed by atoms with Gasteiger partial charge in [0, 0.05) is 24.2 Å². The standard InChI is InChI=1S/C30H30N8/c1-3-19(17-20-7-12-31-13-8-20)18-21(4-2)24-5-6-25-27(34-24)28(38-37-25)30-35-26-23(11-16-33-29(26)36-30)22-9-14-32-15-10-22/h3-6,9-11,14-16,18,20,31H,1,7-8,12-13,17H2,2H3,(H,37,38)(H,33,35,36)/b19-18+,21-4+. The van der Waals surface area contributed by atoms with Crippen molar-refractivity contribution in [2.24, 2.45) is 5.92 Å². The Hall–Kier alpha value is -4.43. The quantitative estimate of drug-likeness (QED) is 0.241. The second-order valence-electron chi connectivity index (χ2n) is 9.61. The summed E-state index contributed by atoms with van der Waals surface area (Å²) in [5.74, 6) is 1.31. The maximum Gasteiger partial charge on any atom is 0.162 e. The molecule has 0 atom stereocenters. The maximum absolute atomic E-state index is 5.03. The van der Waals surface area contributed by atoms with Gasteiger partial charge in [-0.05, 0) is 98.3 Å². The second kappa shape index (κ2) is 10.5. The van der Waals surface area contributed by atoms with E-state index in [0.717, 1.165) is 58.5 Å². The molecule has 38 heavy (non-hydrogen) atoms. The number of rotatable bonds is 7. The second-order valence-corrected chi connectivity index (χ2v) is 9.61. The zero-order valence-electron chi connectivity index (χ0n) is 21.4. The monoisotopic (exact) mass is 502 g/mol. The van der Waals surface area contributed by atoms with Crippen molar-refractivity contribution in [3.63, 3.8) is 0 Å². The van der Waals surface area contributed by atoms with E-state index in [1.165, 1.54) is 18.4 Å². The first-order chi connectivity index (χ1) is 18.7. The summed E-state index contributed by atoms with van der Waals surface area (Å²) >= 11 is 0. The molecule has 0 saturated carbocycles. The number of allylic oxidation sites excluding steroid dienone is 5. The van der Waals surface area contributed by atoms with Gasteiger partial charge in [-0.1, -0.05) is 18.7 Å². The van der Waals surface area contributed by atoms with Crippen molar-refractivity contribution in [2.75, 3.05) is 13.1 Å². The summed E-state index contributed by atoms with van der Waals surface area (Å²) in [4.78, 5) is 21.9. The van der Waals surface area contributed by atoms with E-state index in [2.05, 4.69) is 49.2 Å². The molecule has 6 rings (SSSR count). The van der Waals surface area contributed by atoms with E-state index in [9.17, 15) is 0 Å². The molecule has 0 spiro atoms. The minimum atomic E-state index is 0.625. The minimum absolute atomic E-state index is 0.625. The van der Waals surface area contributed by atoms with Gasteiger partial charge in [0.15, 0.2) is 17.2 Å². The van der Waals surface area contributed by atoms with Crippen LogP contribution in [0.1, 0.15) is 31.9 Å². The lowest BCUT2D eigenvalue weighted by atomic mass is 9.90. The van der Waals surface area contributed by atoms with Crippen molar-refractivity contribution in [3.05, 3.63) is 85.0 Å². The average Bonchev–Trinajstić information content (AvgIpc) is 3.60. The largest absolute Gasteiger partial charge is 0.321 e. The Morgan fingerprint density at radius 1 is 1.03 bits per heavy atom. The Bertz CT molecular complexity index is 1650. The molecule has 1 aliphatic heterocycles. The molecule has 5 aromatic rings. The van der Waals surface area contributed by atoms with E-state index in [-0.39, 0.29) is 0 Å². The van der Waals surface area contributed by atoms with E-state index < -0.39 is 0 Å². The highest BCUT2D eigenvalue weighted by Crippen LogP contribution is 2.31. The van der Waals surface area contributed by atoms with Crippen LogP contribution in [-0.4, -0.2) is 48.2 Å². The number of aromatic nitrogens is 7. The molecule has 8 nitrogen and oxygen atoms in total. The van der Waals surface area contributed by atoms with Crippen LogP contribution in [0.15, 0.2) is 79.3 Å². The van der Waals surface area contributed by atoms with Gasteiger partial charge in [-0.15, -0.1) is 0 Å². The first kappa shape index (κ1) is 23.9. The van der Waals surface area contributed by atoms with E-state index >= 15 is 0 Å².